The third kappa shape index (κ3) is 3.06. The molecule has 0 saturated carbocycles. The van der Waals surface area contributed by atoms with Crippen molar-refractivity contribution in [2.45, 2.75) is 26.0 Å². The van der Waals surface area contributed by atoms with Gasteiger partial charge in [0.1, 0.15) is 11.9 Å². The second-order valence-electron chi connectivity index (χ2n) is 4.35. The molecule has 0 spiro atoms. The molecule has 0 aromatic heterocycles. The summed E-state index contributed by atoms with van der Waals surface area (Å²) >= 11 is 0. The maximum Gasteiger partial charge on any atom is 0.334 e. The molecule has 0 saturated heterocycles. The van der Waals surface area contributed by atoms with Crippen molar-refractivity contribution in [3.8, 4) is 5.75 Å². The Morgan fingerprint density at radius 1 is 1.62 bits per heavy atom. The van der Waals surface area contributed by atoms with Crippen molar-refractivity contribution in [1.82, 2.24) is 0 Å². The summed E-state index contributed by atoms with van der Waals surface area (Å²) in [5, 5.41) is 13.3. The Morgan fingerprint density at radius 2 is 2.38 bits per heavy atom. The molecule has 110 valence electrons. The highest BCUT2D eigenvalue weighted by atomic mass is 16.5. The van der Waals surface area contributed by atoms with Gasteiger partial charge >= 0.3 is 5.97 Å². The molecule has 0 unspecified atom stereocenters. The minimum atomic E-state index is -0.754. The molecule has 0 amide bonds. The smallest absolute Gasteiger partial charge is 0.334 e. The summed E-state index contributed by atoms with van der Waals surface area (Å²) in [4.78, 5) is 18.5. The van der Waals surface area contributed by atoms with Gasteiger partial charge in [0.25, 0.3) is 0 Å². The minimum absolute atomic E-state index is 0.143. The van der Waals surface area contributed by atoms with Gasteiger partial charge in [-0.15, -0.1) is 0 Å². The lowest BCUT2D eigenvalue weighted by Crippen LogP contribution is -2.29. The number of benzene rings is 1. The van der Waals surface area contributed by atoms with Gasteiger partial charge in [-0.2, -0.15) is 0 Å². The summed E-state index contributed by atoms with van der Waals surface area (Å²) in [5.74, 6) is -0.453. The van der Waals surface area contributed by atoms with Crippen LogP contribution in [-0.2, 0) is 14.3 Å². The average Bonchev–Trinajstić information content (AvgIpc) is 2.81. The van der Waals surface area contributed by atoms with Gasteiger partial charge in [0.15, 0.2) is 6.04 Å². The van der Waals surface area contributed by atoms with Crippen LogP contribution in [0.15, 0.2) is 28.3 Å². The molecule has 1 aliphatic heterocycles. The Labute approximate surface area is 120 Å². The van der Waals surface area contributed by atoms with Crippen molar-refractivity contribution in [3.05, 3.63) is 34.2 Å². The zero-order valence-corrected chi connectivity index (χ0v) is 11.6. The van der Waals surface area contributed by atoms with Crippen molar-refractivity contribution in [3.63, 3.8) is 0 Å². The van der Waals surface area contributed by atoms with Crippen LogP contribution in [0, 0.1) is 0 Å². The quantitative estimate of drug-likeness (QED) is 0.396. The molecule has 1 aliphatic rings. The Bertz CT molecular complexity index is 637. The predicted octanol–water partition coefficient (Wildman–Crippen LogP) is 2.43. The monoisotopic (exact) mass is 290 g/mol. The number of hydrogen-bond donors (Lipinski definition) is 1. The Morgan fingerprint density at radius 3 is 3.00 bits per heavy atom. The highest BCUT2D eigenvalue weighted by Gasteiger charge is 2.35. The molecule has 1 aromatic carbocycles. The lowest BCUT2D eigenvalue weighted by atomic mass is 10.2. The SMILES string of the molecule is CCOC(=O)[C@@H]1N=C(c2ccc(N=[N+]=[N-])cc2O)O[C@@H]1C. The van der Waals surface area contributed by atoms with Crippen LogP contribution in [0.1, 0.15) is 19.4 Å². The molecular weight excluding hydrogens is 276 g/mol. The second kappa shape index (κ2) is 6.15. The minimum Gasteiger partial charge on any atom is -0.507 e. The van der Waals surface area contributed by atoms with Gasteiger partial charge in [0, 0.05) is 10.6 Å². The third-order valence-electron chi connectivity index (χ3n) is 2.90. The standard InChI is InChI=1S/C13H14N4O4/c1-3-20-13(19)11-7(2)21-12(15-11)9-5-4-8(16-17-14)6-10(9)18/h4-7,11,18H,3H2,1-2H3/t7-,11-/m1/s1. The van der Waals surface area contributed by atoms with E-state index < -0.39 is 18.1 Å². The van der Waals surface area contributed by atoms with Crippen molar-refractivity contribution >= 4 is 17.6 Å². The Balaban J connectivity index is 2.28. The second-order valence-corrected chi connectivity index (χ2v) is 4.35. The van der Waals surface area contributed by atoms with E-state index in [1.165, 1.54) is 18.2 Å². The van der Waals surface area contributed by atoms with E-state index in [0.717, 1.165) is 0 Å². The van der Waals surface area contributed by atoms with Gasteiger partial charge in [-0.3, -0.25) is 0 Å². The number of esters is 1. The summed E-state index contributed by atoms with van der Waals surface area (Å²) in [6.45, 7) is 3.67. The fourth-order valence-corrected chi connectivity index (χ4v) is 1.92. The summed E-state index contributed by atoms with van der Waals surface area (Å²) in [6.07, 6.45) is -0.477. The zero-order valence-electron chi connectivity index (χ0n) is 11.6. The van der Waals surface area contributed by atoms with Crippen molar-refractivity contribution in [2.75, 3.05) is 6.61 Å². The molecule has 0 fully saturated rings. The summed E-state index contributed by atoms with van der Waals surface area (Å²) in [6, 6.07) is 3.57. The van der Waals surface area contributed by atoms with Gasteiger partial charge in [-0.1, -0.05) is 11.2 Å². The number of phenolic OH excluding ortho intramolecular Hbond substituents is 1. The molecule has 8 nitrogen and oxygen atoms in total. The fraction of sp³-hybridized carbons (Fsp3) is 0.385. The summed E-state index contributed by atoms with van der Waals surface area (Å²) < 4.78 is 10.4. The van der Waals surface area contributed by atoms with E-state index in [1.807, 2.05) is 0 Å². The molecule has 1 aromatic rings. The molecule has 0 aliphatic carbocycles. The van der Waals surface area contributed by atoms with E-state index in [-0.39, 0.29) is 23.9 Å². The predicted molar refractivity (Wildman–Crippen MR) is 74.4 cm³/mol. The highest BCUT2D eigenvalue weighted by molar-refractivity contribution is 6.00. The Hall–Kier alpha value is -2.73. The third-order valence-corrected chi connectivity index (χ3v) is 2.90. The first-order valence-electron chi connectivity index (χ1n) is 6.36. The van der Waals surface area contributed by atoms with E-state index >= 15 is 0 Å². The summed E-state index contributed by atoms with van der Waals surface area (Å²) in [5.41, 5.74) is 8.94. The van der Waals surface area contributed by atoms with E-state index in [2.05, 4.69) is 15.0 Å². The summed E-state index contributed by atoms with van der Waals surface area (Å²) in [7, 11) is 0. The van der Waals surface area contributed by atoms with Gasteiger partial charge in [0.2, 0.25) is 5.90 Å². The first-order valence-corrected chi connectivity index (χ1v) is 6.36. The van der Waals surface area contributed by atoms with Gasteiger partial charge in [-0.05, 0) is 31.5 Å². The first-order chi connectivity index (χ1) is 10.1. The largest absolute Gasteiger partial charge is 0.507 e. The number of nitrogens with zero attached hydrogens (tertiary/aromatic N) is 4. The molecule has 0 radical (unpaired) electrons. The van der Waals surface area contributed by atoms with Crippen molar-refractivity contribution in [2.24, 2.45) is 10.1 Å². The van der Waals surface area contributed by atoms with E-state index in [0.29, 0.717) is 5.56 Å². The van der Waals surface area contributed by atoms with E-state index in [9.17, 15) is 9.90 Å². The fourth-order valence-electron chi connectivity index (χ4n) is 1.92. The molecular formula is C13H14N4O4. The number of hydrogen-bond acceptors (Lipinski definition) is 6. The molecule has 1 N–H and O–H groups in total. The number of azide groups is 1. The van der Waals surface area contributed by atoms with Crippen LogP contribution in [0.25, 0.3) is 10.4 Å². The normalized spacial score (nSPS) is 20.2. The molecule has 21 heavy (non-hydrogen) atoms. The van der Waals surface area contributed by atoms with Gasteiger partial charge in [-0.25, -0.2) is 9.79 Å². The van der Waals surface area contributed by atoms with Crippen LogP contribution in [0.2, 0.25) is 0 Å². The van der Waals surface area contributed by atoms with Crippen molar-refractivity contribution < 1.29 is 19.4 Å². The molecule has 2 rings (SSSR count). The number of aliphatic imine (C=N–C) groups is 1. The lowest BCUT2D eigenvalue weighted by molar-refractivity contribution is -0.145. The molecule has 0 bridgehead atoms. The lowest BCUT2D eigenvalue weighted by Gasteiger charge is -2.11. The van der Waals surface area contributed by atoms with E-state index in [4.69, 9.17) is 15.0 Å². The number of ether oxygens (including phenoxy) is 2. The topological polar surface area (TPSA) is 117 Å². The van der Waals surface area contributed by atoms with Crippen LogP contribution in [0.4, 0.5) is 5.69 Å². The van der Waals surface area contributed by atoms with Crippen LogP contribution >= 0.6 is 0 Å². The van der Waals surface area contributed by atoms with Gasteiger partial charge in [0.05, 0.1) is 12.2 Å². The first kappa shape index (κ1) is 14.7. The maximum atomic E-state index is 11.7. The maximum absolute atomic E-state index is 11.7. The number of carbonyl (C=O) groups is 1. The van der Waals surface area contributed by atoms with Crippen LogP contribution in [-0.4, -0.2) is 35.7 Å². The highest BCUT2D eigenvalue weighted by Crippen LogP contribution is 2.28. The number of carbonyl (C=O) groups excluding carboxylic acids is 1. The van der Waals surface area contributed by atoms with E-state index in [1.54, 1.807) is 13.8 Å². The number of aromatic hydroxyl groups is 1. The number of phenols is 1. The van der Waals surface area contributed by atoms with Gasteiger partial charge < -0.3 is 14.6 Å². The zero-order chi connectivity index (χ0) is 15.4. The van der Waals surface area contributed by atoms with Crippen LogP contribution < -0.4 is 0 Å². The molecule has 8 heteroatoms. The number of rotatable bonds is 4. The Kier molecular flexibility index (Phi) is 4.30. The molecule has 2 atom stereocenters. The van der Waals surface area contributed by atoms with Crippen LogP contribution in [0.3, 0.4) is 0 Å². The average molecular weight is 290 g/mol. The van der Waals surface area contributed by atoms with Crippen molar-refractivity contribution in [1.29, 1.82) is 0 Å². The molecule has 1 heterocycles. The van der Waals surface area contributed by atoms with Crippen LogP contribution in [0.5, 0.6) is 5.75 Å².